The Bertz CT molecular complexity index is 591. The number of hydrogen-bond acceptors (Lipinski definition) is 3. The van der Waals surface area contributed by atoms with E-state index < -0.39 is 24.8 Å². The number of pyridine rings is 1. The molecule has 0 radical (unpaired) electrons. The van der Waals surface area contributed by atoms with Gasteiger partial charge in [-0.15, -0.1) is 0 Å². The van der Waals surface area contributed by atoms with Crippen molar-refractivity contribution in [2.24, 2.45) is 0 Å². The van der Waals surface area contributed by atoms with Gasteiger partial charge in [0.15, 0.2) is 0 Å². The van der Waals surface area contributed by atoms with Gasteiger partial charge in [0.25, 0.3) is 0 Å². The van der Waals surface area contributed by atoms with Crippen LogP contribution in [0.25, 0.3) is 5.65 Å². The molecule has 2 heterocycles. The summed E-state index contributed by atoms with van der Waals surface area (Å²) in [5.74, 6) is -0.615. The fourth-order valence-corrected chi connectivity index (χ4v) is 1.69. The van der Waals surface area contributed by atoms with Crippen molar-refractivity contribution in [3.8, 4) is 0 Å². The first-order valence-corrected chi connectivity index (χ1v) is 6.24. The van der Waals surface area contributed by atoms with Gasteiger partial charge in [-0.05, 0) is 19.1 Å². The van der Waals surface area contributed by atoms with E-state index in [1.807, 2.05) is 18.3 Å². The van der Waals surface area contributed by atoms with Crippen molar-refractivity contribution in [3.05, 3.63) is 36.3 Å². The van der Waals surface area contributed by atoms with E-state index in [1.54, 1.807) is 16.7 Å². The highest BCUT2D eigenvalue weighted by Crippen LogP contribution is 2.15. The molecule has 0 bridgehead atoms. The maximum atomic E-state index is 12.0. The second-order valence-electron chi connectivity index (χ2n) is 4.48. The minimum Gasteiger partial charge on any atom is -0.359 e. The molecule has 1 atom stereocenters. The summed E-state index contributed by atoms with van der Waals surface area (Å²) in [6.45, 7) is -0.0546. The molecule has 2 rings (SSSR count). The lowest BCUT2D eigenvalue weighted by Crippen LogP contribution is -2.36. The molecule has 1 unspecified atom stereocenters. The minimum absolute atomic E-state index is 0.125. The first-order chi connectivity index (χ1) is 9.85. The van der Waals surface area contributed by atoms with Crippen LogP contribution in [0, 0.1) is 0 Å². The van der Waals surface area contributed by atoms with Crippen molar-refractivity contribution in [3.63, 3.8) is 0 Å². The fraction of sp³-hybridized carbons (Fsp3) is 0.385. The van der Waals surface area contributed by atoms with Crippen LogP contribution in [0.2, 0.25) is 0 Å². The highest BCUT2D eigenvalue weighted by Gasteiger charge is 2.29. The zero-order valence-electron chi connectivity index (χ0n) is 11.2. The summed E-state index contributed by atoms with van der Waals surface area (Å²) in [5.41, 5.74) is 1.33. The number of aromatic nitrogens is 2. The predicted octanol–water partition coefficient (Wildman–Crippen LogP) is 1.92. The van der Waals surface area contributed by atoms with Crippen LogP contribution in [0.15, 0.2) is 30.6 Å². The number of hydrogen-bond donors (Lipinski definition) is 1. The number of ether oxygens (including phenoxy) is 1. The molecule has 0 aliphatic carbocycles. The van der Waals surface area contributed by atoms with Crippen LogP contribution in [-0.4, -0.2) is 34.2 Å². The maximum absolute atomic E-state index is 12.0. The molecule has 8 heteroatoms. The van der Waals surface area contributed by atoms with Gasteiger partial charge in [0.1, 0.15) is 18.4 Å². The quantitative estimate of drug-likeness (QED) is 0.918. The molecule has 0 aromatic carbocycles. The van der Waals surface area contributed by atoms with E-state index in [9.17, 15) is 18.0 Å². The number of carbonyl (C=O) groups is 1. The SMILES string of the molecule is CC(OCC(F)(F)F)C(=O)NCc1cn2ccccc2n1. The van der Waals surface area contributed by atoms with Crippen molar-refractivity contribution >= 4 is 11.6 Å². The summed E-state index contributed by atoms with van der Waals surface area (Å²) in [5, 5.41) is 2.49. The minimum atomic E-state index is -4.45. The standard InChI is InChI=1S/C13H14F3N3O2/c1-9(21-8-13(14,15)16)12(20)17-6-10-7-19-5-3-2-4-11(19)18-10/h2-5,7,9H,6,8H2,1H3,(H,17,20). The second kappa shape index (κ2) is 6.13. The molecule has 1 N–H and O–H groups in total. The van der Waals surface area contributed by atoms with E-state index in [0.29, 0.717) is 5.69 Å². The third kappa shape index (κ3) is 4.45. The summed E-state index contributed by atoms with van der Waals surface area (Å²) in [7, 11) is 0. The van der Waals surface area contributed by atoms with E-state index in [-0.39, 0.29) is 6.54 Å². The Balaban J connectivity index is 1.85. The smallest absolute Gasteiger partial charge is 0.359 e. The van der Waals surface area contributed by atoms with Crippen molar-refractivity contribution in [1.29, 1.82) is 0 Å². The van der Waals surface area contributed by atoms with Gasteiger partial charge in [0.05, 0.1) is 12.2 Å². The molecule has 0 spiro atoms. The van der Waals surface area contributed by atoms with Gasteiger partial charge in [-0.1, -0.05) is 6.07 Å². The predicted molar refractivity (Wildman–Crippen MR) is 68.5 cm³/mol. The van der Waals surface area contributed by atoms with Crippen LogP contribution < -0.4 is 5.32 Å². The van der Waals surface area contributed by atoms with Crippen molar-refractivity contribution in [2.75, 3.05) is 6.61 Å². The first-order valence-electron chi connectivity index (χ1n) is 6.24. The molecule has 2 aromatic heterocycles. The lowest BCUT2D eigenvalue weighted by Gasteiger charge is -2.14. The normalized spacial score (nSPS) is 13.3. The van der Waals surface area contributed by atoms with Gasteiger partial charge in [0.2, 0.25) is 5.91 Å². The topological polar surface area (TPSA) is 55.6 Å². The molecule has 0 aliphatic rings. The van der Waals surface area contributed by atoms with E-state index in [2.05, 4.69) is 15.0 Å². The first kappa shape index (κ1) is 15.3. The fourth-order valence-electron chi connectivity index (χ4n) is 1.69. The summed E-state index contributed by atoms with van der Waals surface area (Å²) < 4.78 is 42.2. The number of nitrogens with zero attached hydrogens (tertiary/aromatic N) is 2. The van der Waals surface area contributed by atoms with E-state index in [0.717, 1.165) is 5.65 Å². The molecule has 1 amide bonds. The maximum Gasteiger partial charge on any atom is 0.411 e. The Kier molecular flexibility index (Phi) is 4.46. The van der Waals surface area contributed by atoms with Crippen LogP contribution in [0.4, 0.5) is 13.2 Å². The summed E-state index contributed by atoms with van der Waals surface area (Å²) in [6, 6.07) is 5.47. The molecule has 5 nitrogen and oxygen atoms in total. The number of nitrogens with one attached hydrogen (secondary N) is 1. The van der Waals surface area contributed by atoms with Gasteiger partial charge in [-0.2, -0.15) is 13.2 Å². The van der Waals surface area contributed by atoms with Gasteiger partial charge in [0, 0.05) is 12.4 Å². The molecule has 21 heavy (non-hydrogen) atoms. The Morgan fingerprint density at radius 1 is 1.48 bits per heavy atom. The van der Waals surface area contributed by atoms with Crippen molar-refractivity contribution in [2.45, 2.75) is 25.7 Å². The third-order valence-corrected chi connectivity index (χ3v) is 2.72. The molecular formula is C13H14F3N3O2. The van der Waals surface area contributed by atoms with Gasteiger partial charge in [-0.25, -0.2) is 4.98 Å². The van der Waals surface area contributed by atoms with Gasteiger partial charge < -0.3 is 14.5 Å². The van der Waals surface area contributed by atoms with Crippen LogP contribution in [0.3, 0.4) is 0 Å². The molecule has 0 saturated carbocycles. The van der Waals surface area contributed by atoms with Crippen molar-refractivity contribution in [1.82, 2.24) is 14.7 Å². The van der Waals surface area contributed by atoms with E-state index in [1.165, 1.54) is 6.92 Å². The van der Waals surface area contributed by atoms with Gasteiger partial charge in [-0.3, -0.25) is 4.79 Å². The third-order valence-electron chi connectivity index (χ3n) is 2.72. The summed E-state index contributed by atoms with van der Waals surface area (Å²) in [4.78, 5) is 15.9. The second-order valence-corrected chi connectivity index (χ2v) is 4.48. The Labute approximate surface area is 118 Å². The monoisotopic (exact) mass is 301 g/mol. The number of halogens is 3. The zero-order valence-corrected chi connectivity index (χ0v) is 11.2. The molecule has 2 aromatic rings. The van der Waals surface area contributed by atoms with Crippen LogP contribution in [0.5, 0.6) is 0 Å². The van der Waals surface area contributed by atoms with Crippen LogP contribution >= 0.6 is 0 Å². The van der Waals surface area contributed by atoms with Crippen LogP contribution in [-0.2, 0) is 16.1 Å². The Hall–Kier alpha value is -2.09. The van der Waals surface area contributed by atoms with Crippen molar-refractivity contribution < 1.29 is 22.7 Å². The molecule has 0 saturated heterocycles. The number of imidazole rings is 1. The van der Waals surface area contributed by atoms with E-state index in [4.69, 9.17) is 0 Å². The Morgan fingerprint density at radius 3 is 2.90 bits per heavy atom. The molecular weight excluding hydrogens is 287 g/mol. The average Bonchev–Trinajstić information content (AvgIpc) is 2.84. The zero-order chi connectivity index (χ0) is 15.5. The summed E-state index contributed by atoms with van der Waals surface area (Å²) in [6.07, 6.45) is -2.08. The largest absolute Gasteiger partial charge is 0.411 e. The van der Waals surface area contributed by atoms with E-state index >= 15 is 0 Å². The van der Waals surface area contributed by atoms with Gasteiger partial charge >= 0.3 is 6.18 Å². The number of amides is 1. The Morgan fingerprint density at radius 2 is 2.24 bits per heavy atom. The lowest BCUT2D eigenvalue weighted by molar-refractivity contribution is -0.185. The number of fused-ring (bicyclic) bond motifs is 1. The highest BCUT2D eigenvalue weighted by atomic mass is 19.4. The highest BCUT2D eigenvalue weighted by molar-refractivity contribution is 5.80. The molecule has 0 aliphatic heterocycles. The average molecular weight is 301 g/mol. The number of rotatable bonds is 5. The summed E-state index contributed by atoms with van der Waals surface area (Å²) >= 11 is 0. The van der Waals surface area contributed by atoms with Crippen LogP contribution in [0.1, 0.15) is 12.6 Å². The lowest BCUT2D eigenvalue weighted by atomic mass is 10.3. The number of carbonyl (C=O) groups excluding carboxylic acids is 1. The number of alkyl halides is 3. The molecule has 0 fully saturated rings. The molecule has 114 valence electrons.